The molecule has 0 bridgehead atoms. The third kappa shape index (κ3) is 3.04. The van der Waals surface area contributed by atoms with Crippen molar-refractivity contribution >= 4 is 11.4 Å². The van der Waals surface area contributed by atoms with Crippen LogP contribution in [0.25, 0.3) is 0 Å². The Kier molecular flexibility index (Phi) is 4.55. The van der Waals surface area contributed by atoms with E-state index in [0.29, 0.717) is 6.04 Å². The Morgan fingerprint density at radius 3 is 1.45 bits per heavy atom. The highest BCUT2D eigenvalue weighted by molar-refractivity contribution is 5.64. The smallest absolute Gasteiger partial charge is 0.0588 e. The van der Waals surface area contributed by atoms with Crippen molar-refractivity contribution in [2.75, 3.05) is 4.90 Å². The zero-order chi connectivity index (χ0) is 15.2. The van der Waals surface area contributed by atoms with Gasteiger partial charge in [-0.15, -0.1) is 0 Å². The van der Waals surface area contributed by atoms with Gasteiger partial charge in [0.1, 0.15) is 0 Å². The van der Waals surface area contributed by atoms with Crippen molar-refractivity contribution < 1.29 is 0 Å². The van der Waals surface area contributed by atoms with E-state index in [2.05, 4.69) is 103 Å². The fourth-order valence-corrected chi connectivity index (χ4v) is 2.93. The first-order chi connectivity index (χ1) is 10.9. The standard InChI is InChI=1S/C21H21N/c1-2-21(18-12-6-3-7-13-18)22(19-14-8-4-9-15-19)20-16-10-5-11-17-20/h3-17,21H,2H2,1H3. The van der Waals surface area contributed by atoms with Crippen molar-refractivity contribution in [2.45, 2.75) is 19.4 Å². The van der Waals surface area contributed by atoms with E-state index in [1.807, 2.05) is 0 Å². The largest absolute Gasteiger partial charge is 0.334 e. The molecule has 0 aromatic heterocycles. The minimum Gasteiger partial charge on any atom is -0.334 e. The van der Waals surface area contributed by atoms with Gasteiger partial charge in [0, 0.05) is 11.4 Å². The normalized spacial score (nSPS) is 11.9. The maximum Gasteiger partial charge on any atom is 0.0588 e. The molecular formula is C21H21N. The molecule has 0 N–H and O–H groups in total. The van der Waals surface area contributed by atoms with Gasteiger partial charge in [0.2, 0.25) is 0 Å². The summed E-state index contributed by atoms with van der Waals surface area (Å²) in [5, 5.41) is 0. The summed E-state index contributed by atoms with van der Waals surface area (Å²) >= 11 is 0. The fourth-order valence-electron chi connectivity index (χ4n) is 2.93. The van der Waals surface area contributed by atoms with Crippen LogP contribution in [-0.2, 0) is 0 Å². The van der Waals surface area contributed by atoms with Crippen LogP contribution in [0.15, 0.2) is 91.0 Å². The lowest BCUT2D eigenvalue weighted by atomic mass is 10.0. The first kappa shape index (κ1) is 14.4. The number of benzene rings is 3. The number of anilines is 2. The second-order valence-electron chi connectivity index (χ2n) is 5.38. The molecule has 110 valence electrons. The molecule has 1 heteroatoms. The molecule has 0 amide bonds. The fraction of sp³-hybridized carbons (Fsp3) is 0.143. The Balaban J connectivity index is 2.09. The number of hydrogen-bond donors (Lipinski definition) is 0. The molecule has 22 heavy (non-hydrogen) atoms. The molecule has 0 fully saturated rings. The molecule has 0 aliphatic carbocycles. The van der Waals surface area contributed by atoms with Crippen LogP contribution in [0.2, 0.25) is 0 Å². The lowest BCUT2D eigenvalue weighted by Crippen LogP contribution is -2.23. The van der Waals surface area contributed by atoms with Gasteiger partial charge >= 0.3 is 0 Å². The molecule has 0 heterocycles. The van der Waals surface area contributed by atoms with Gasteiger partial charge in [-0.05, 0) is 36.2 Å². The highest BCUT2D eigenvalue weighted by Gasteiger charge is 2.20. The van der Waals surface area contributed by atoms with Crippen molar-refractivity contribution in [2.24, 2.45) is 0 Å². The highest BCUT2D eigenvalue weighted by atomic mass is 15.2. The van der Waals surface area contributed by atoms with Gasteiger partial charge in [0.25, 0.3) is 0 Å². The minimum atomic E-state index is 0.325. The summed E-state index contributed by atoms with van der Waals surface area (Å²) in [5.74, 6) is 0. The summed E-state index contributed by atoms with van der Waals surface area (Å²) in [5.41, 5.74) is 3.80. The van der Waals surface area contributed by atoms with E-state index >= 15 is 0 Å². The summed E-state index contributed by atoms with van der Waals surface area (Å²) < 4.78 is 0. The first-order valence-corrected chi connectivity index (χ1v) is 7.84. The SMILES string of the molecule is CCC(c1ccccc1)N(c1ccccc1)c1ccccc1. The van der Waals surface area contributed by atoms with E-state index in [0.717, 1.165) is 6.42 Å². The molecule has 1 atom stereocenters. The Hall–Kier alpha value is -2.54. The van der Waals surface area contributed by atoms with Gasteiger partial charge in [-0.3, -0.25) is 0 Å². The van der Waals surface area contributed by atoms with Crippen LogP contribution in [0.5, 0.6) is 0 Å². The quantitative estimate of drug-likeness (QED) is 0.558. The van der Waals surface area contributed by atoms with E-state index < -0.39 is 0 Å². The summed E-state index contributed by atoms with van der Waals surface area (Å²) in [7, 11) is 0. The lowest BCUT2D eigenvalue weighted by molar-refractivity contribution is 0.672. The second kappa shape index (κ2) is 6.95. The number of hydrogen-bond acceptors (Lipinski definition) is 1. The average Bonchev–Trinajstić information content (AvgIpc) is 2.62. The molecular weight excluding hydrogens is 266 g/mol. The molecule has 3 aromatic rings. The topological polar surface area (TPSA) is 3.24 Å². The maximum atomic E-state index is 2.43. The maximum absolute atomic E-state index is 2.43. The van der Waals surface area contributed by atoms with Gasteiger partial charge < -0.3 is 4.90 Å². The van der Waals surface area contributed by atoms with Gasteiger partial charge in [-0.25, -0.2) is 0 Å². The molecule has 3 rings (SSSR count). The van der Waals surface area contributed by atoms with E-state index in [4.69, 9.17) is 0 Å². The van der Waals surface area contributed by atoms with Crippen molar-refractivity contribution in [3.63, 3.8) is 0 Å². The van der Waals surface area contributed by atoms with Crippen LogP contribution in [0, 0.1) is 0 Å². The summed E-state index contributed by atoms with van der Waals surface area (Å²) in [4.78, 5) is 2.43. The Bertz CT molecular complexity index is 637. The molecule has 3 aromatic carbocycles. The van der Waals surface area contributed by atoms with Crippen LogP contribution in [0.1, 0.15) is 24.9 Å². The number of para-hydroxylation sites is 2. The van der Waals surface area contributed by atoms with E-state index in [9.17, 15) is 0 Å². The van der Waals surface area contributed by atoms with Crippen LogP contribution in [0.3, 0.4) is 0 Å². The molecule has 0 radical (unpaired) electrons. The summed E-state index contributed by atoms with van der Waals surface area (Å²) in [6.45, 7) is 2.25. The van der Waals surface area contributed by atoms with Crippen molar-refractivity contribution in [3.8, 4) is 0 Å². The monoisotopic (exact) mass is 287 g/mol. The highest BCUT2D eigenvalue weighted by Crippen LogP contribution is 2.36. The van der Waals surface area contributed by atoms with Gasteiger partial charge in [-0.2, -0.15) is 0 Å². The third-order valence-corrected chi connectivity index (χ3v) is 3.95. The molecule has 0 spiro atoms. The number of rotatable bonds is 5. The Morgan fingerprint density at radius 2 is 1.05 bits per heavy atom. The van der Waals surface area contributed by atoms with Crippen LogP contribution >= 0.6 is 0 Å². The van der Waals surface area contributed by atoms with Crippen molar-refractivity contribution in [1.29, 1.82) is 0 Å². The van der Waals surface area contributed by atoms with Gasteiger partial charge in [-0.1, -0.05) is 73.7 Å². The van der Waals surface area contributed by atoms with Gasteiger partial charge in [0.15, 0.2) is 0 Å². The molecule has 1 nitrogen and oxygen atoms in total. The van der Waals surface area contributed by atoms with E-state index in [1.54, 1.807) is 0 Å². The minimum absolute atomic E-state index is 0.325. The lowest BCUT2D eigenvalue weighted by Gasteiger charge is -2.33. The molecule has 1 unspecified atom stereocenters. The zero-order valence-corrected chi connectivity index (χ0v) is 12.9. The van der Waals surface area contributed by atoms with Crippen LogP contribution in [0.4, 0.5) is 11.4 Å². The Morgan fingerprint density at radius 1 is 0.636 bits per heavy atom. The summed E-state index contributed by atoms with van der Waals surface area (Å²) in [6, 6.07) is 32.3. The van der Waals surface area contributed by atoms with E-state index in [-0.39, 0.29) is 0 Å². The predicted molar refractivity (Wildman–Crippen MR) is 94.5 cm³/mol. The molecule has 0 aliphatic rings. The molecule has 0 aliphatic heterocycles. The average molecular weight is 287 g/mol. The zero-order valence-electron chi connectivity index (χ0n) is 12.9. The first-order valence-electron chi connectivity index (χ1n) is 7.84. The van der Waals surface area contributed by atoms with Crippen LogP contribution in [-0.4, -0.2) is 0 Å². The Labute approximate surface area is 132 Å². The van der Waals surface area contributed by atoms with E-state index in [1.165, 1.54) is 16.9 Å². The van der Waals surface area contributed by atoms with Crippen LogP contribution < -0.4 is 4.90 Å². The van der Waals surface area contributed by atoms with Gasteiger partial charge in [0.05, 0.1) is 6.04 Å². The molecule has 0 saturated heterocycles. The summed E-state index contributed by atoms with van der Waals surface area (Å²) in [6.07, 6.45) is 1.05. The predicted octanol–water partition coefficient (Wildman–Crippen LogP) is 5.98. The van der Waals surface area contributed by atoms with Crippen molar-refractivity contribution in [1.82, 2.24) is 0 Å². The second-order valence-corrected chi connectivity index (χ2v) is 5.38. The third-order valence-electron chi connectivity index (χ3n) is 3.95. The van der Waals surface area contributed by atoms with Crippen molar-refractivity contribution in [3.05, 3.63) is 96.6 Å². The number of nitrogens with zero attached hydrogens (tertiary/aromatic N) is 1. The molecule has 0 saturated carbocycles.